The third-order valence-corrected chi connectivity index (χ3v) is 4.81. The first kappa shape index (κ1) is 16.9. The first-order chi connectivity index (χ1) is 9.27. The summed E-state index contributed by atoms with van der Waals surface area (Å²) < 4.78 is 27.2. The number of hydrogen-bond donors (Lipinski definition) is 3. The largest absolute Gasteiger partial charge is 0.398 e. The van der Waals surface area contributed by atoms with Gasteiger partial charge in [0, 0.05) is 16.7 Å². The Morgan fingerprint density at radius 1 is 1.40 bits per heavy atom. The van der Waals surface area contributed by atoms with Crippen molar-refractivity contribution in [2.24, 2.45) is 0 Å². The molecule has 0 bridgehead atoms. The maximum Gasteiger partial charge on any atom is 0.241 e. The molecule has 0 spiro atoms. The lowest BCUT2D eigenvalue weighted by Gasteiger charge is -2.11. The second-order valence-electron chi connectivity index (χ2n) is 4.31. The van der Waals surface area contributed by atoms with Crippen molar-refractivity contribution in [3.8, 4) is 0 Å². The quantitative estimate of drug-likeness (QED) is 0.659. The molecule has 0 heterocycles. The number of rotatable bonds is 6. The highest BCUT2D eigenvalue weighted by atomic mass is 79.9. The lowest BCUT2D eigenvalue weighted by atomic mass is 10.2. The molecular weight excluding hydrogens is 346 g/mol. The van der Waals surface area contributed by atoms with Gasteiger partial charge in [-0.25, -0.2) is 13.1 Å². The molecule has 6 nitrogen and oxygen atoms in total. The molecule has 112 valence electrons. The predicted molar refractivity (Wildman–Crippen MR) is 81.8 cm³/mol. The first-order valence-electron chi connectivity index (χ1n) is 6.10. The maximum absolute atomic E-state index is 12.1. The van der Waals surface area contributed by atoms with Gasteiger partial charge in [-0.05, 0) is 47.0 Å². The number of carbonyl (C=O) groups excluding carboxylic acids is 1. The van der Waals surface area contributed by atoms with E-state index in [4.69, 9.17) is 5.73 Å². The molecule has 1 rings (SSSR count). The minimum absolute atomic E-state index is 0.0708. The van der Waals surface area contributed by atoms with E-state index in [1.165, 1.54) is 6.07 Å². The summed E-state index contributed by atoms with van der Waals surface area (Å²) in [4.78, 5) is 11.5. The zero-order valence-corrected chi connectivity index (χ0v) is 13.8. The van der Waals surface area contributed by atoms with Crippen molar-refractivity contribution in [1.82, 2.24) is 10.0 Å². The van der Waals surface area contributed by atoms with Crippen LogP contribution in [0.15, 0.2) is 21.5 Å². The summed E-state index contributed by atoms with van der Waals surface area (Å²) in [5.74, 6) is -0.363. The Kier molecular flexibility index (Phi) is 5.97. The van der Waals surface area contributed by atoms with Crippen molar-refractivity contribution in [1.29, 1.82) is 0 Å². The van der Waals surface area contributed by atoms with Gasteiger partial charge in [0.05, 0.1) is 11.4 Å². The van der Waals surface area contributed by atoms with E-state index in [-0.39, 0.29) is 17.3 Å². The Morgan fingerprint density at radius 2 is 2.05 bits per heavy atom. The van der Waals surface area contributed by atoms with Crippen molar-refractivity contribution < 1.29 is 13.2 Å². The number of halogens is 1. The molecule has 0 saturated carbocycles. The van der Waals surface area contributed by atoms with Crippen LogP contribution in [0.5, 0.6) is 0 Å². The van der Waals surface area contributed by atoms with Crippen LogP contribution < -0.4 is 15.8 Å². The number of anilines is 1. The van der Waals surface area contributed by atoms with E-state index in [0.717, 1.165) is 6.42 Å². The van der Waals surface area contributed by atoms with Crippen molar-refractivity contribution in [2.45, 2.75) is 25.2 Å². The van der Waals surface area contributed by atoms with E-state index in [0.29, 0.717) is 22.3 Å². The van der Waals surface area contributed by atoms with Crippen molar-refractivity contribution in [2.75, 3.05) is 18.8 Å². The van der Waals surface area contributed by atoms with Crippen LogP contribution in [-0.2, 0) is 14.8 Å². The fourth-order valence-electron chi connectivity index (χ4n) is 1.52. The molecule has 0 fully saturated rings. The van der Waals surface area contributed by atoms with E-state index in [1.807, 2.05) is 6.92 Å². The van der Waals surface area contributed by atoms with E-state index in [9.17, 15) is 13.2 Å². The van der Waals surface area contributed by atoms with Crippen LogP contribution in [0.2, 0.25) is 0 Å². The van der Waals surface area contributed by atoms with Gasteiger partial charge in [-0.15, -0.1) is 0 Å². The number of benzene rings is 1. The van der Waals surface area contributed by atoms with Crippen LogP contribution in [-0.4, -0.2) is 27.4 Å². The molecule has 1 aromatic rings. The topological polar surface area (TPSA) is 101 Å². The Bertz CT molecular complexity index is 602. The summed E-state index contributed by atoms with van der Waals surface area (Å²) in [5, 5.41) is 2.59. The molecule has 1 aromatic carbocycles. The Morgan fingerprint density at radius 3 is 2.65 bits per heavy atom. The summed E-state index contributed by atoms with van der Waals surface area (Å²) in [6.07, 6.45) is 0.793. The standard InChI is InChI=1S/C12H18BrN3O3S/c1-3-4-15-12(17)7-16-20(18,19)11-6-10(14)9(13)5-8(11)2/h5-6,16H,3-4,7,14H2,1-2H3,(H,15,17). The Labute approximate surface area is 127 Å². The molecule has 1 amide bonds. The highest BCUT2D eigenvalue weighted by Gasteiger charge is 2.19. The average molecular weight is 364 g/mol. The summed E-state index contributed by atoms with van der Waals surface area (Å²) >= 11 is 3.23. The lowest BCUT2D eigenvalue weighted by Crippen LogP contribution is -2.37. The van der Waals surface area contributed by atoms with Gasteiger partial charge in [0.2, 0.25) is 15.9 Å². The molecule has 0 unspecified atom stereocenters. The molecule has 0 saturated heterocycles. The van der Waals surface area contributed by atoms with Crippen LogP contribution in [0.1, 0.15) is 18.9 Å². The number of aryl methyl sites for hydroxylation is 1. The minimum Gasteiger partial charge on any atom is -0.398 e. The highest BCUT2D eigenvalue weighted by Crippen LogP contribution is 2.26. The minimum atomic E-state index is -3.76. The summed E-state index contributed by atoms with van der Waals surface area (Å²) in [6.45, 7) is 3.80. The van der Waals surface area contributed by atoms with E-state index in [1.54, 1.807) is 13.0 Å². The van der Waals surface area contributed by atoms with Crippen molar-refractivity contribution >= 4 is 37.5 Å². The van der Waals surface area contributed by atoms with Crippen LogP contribution in [0.4, 0.5) is 5.69 Å². The number of nitrogen functional groups attached to an aromatic ring is 1. The van der Waals surface area contributed by atoms with Crippen LogP contribution in [0.3, 0.4) is 0 Å². The maximum atomic E-state index is 12.1. The smallest absolute Gasteiger partial charge is 0.241 e. The van der Waals surface area contributed by atoms with Crippen molar-refractivity contribution in [3.63, 3.8) is 0 Å². The second kappa shape index (κ2) is 7.05. The lowest BCUT2D eigenvalue weighted by molar-refractivity contribution is -0.119. The molecule has 0 atom stereocenters. The summed E-state index contributed by atoms with van der Waals surface area (Å²) in [7, 11) is -3.76. The molecule has 0 aromatic heterocycles. The van der Waals surface area contributed by atoms with Crippen LogP contribution in [0, 0.1) is 6.92 Å². The zero-order valence-electron chi connectivity index (χ0n) is 11.4. The van der Waals surface area contributed by atoms with Gasteiger partial charge in [-0.1, -0.05) is 6.92 Å². The third kappa shape index (κ3) is 4.46. The number of amides is 1. The van der Waals surface area contributed by atoms with Gasteiger partial charge in [0.1, 0.15) is 0 Å². The van der Waals surface area contributed by atoms with E-state index < -0.39 is 10.0 Å². The number of nitrogens with one attached hydrogen (secondary N) is 2. The van der Waals surface area contributed by atoms with Gasteiger partial charge in [-0.3, -0.25) is 4.79 Å². The summed E-state index contributed by atoms with van der Waals surface area (Å²) in [5.41, 5.74) is 6.56. The number of hydrogen-bond acceptors (Lipinski definition) is 4. The van der Waals surface area contributed by atoms with Crippen molar-refractivity contribution in [3.05, 3.63) is 22.2 Å². The monoisotopic (exact) mass is 363 g/mol. The normalized spacial score (nSPS) is 11.3. The SMILES string of the molecule is CCCNC(=O)CNS(=O)(=O)c1cc(N)c(Br)cc1C. The highest BCUT2D eigenvalue weighted by molar-refractivity contribution is 9.10. The molecule has 20 heavy (non-hydrogen) atoms. The number of sulfonamides is 1. The molecule has 8 heteroatoms. The number of nitrogens with two attached hydrogens (primary N) is 1. The molecule has 0 aliphatic rings. The fourth-order valence-corrected chi connectivity index (χ4v) is 3.22. The second-order valence-corrected chi connectivity index (χ2v) is 6.90. The molecule has 0 radical (unpaired) electrons. The summed E-state index contributed by atoms with van der Waals surface area (Å²) in [6, 6.07) is 2.99. The molecular formula is C12H18BrN3O3S. The van der Waals surface area contributed by atoms with Crippen LogP contribution >= 0.6 is 15.9 Å². The molecule has 0 aliphatic heterocycles. The third-order valence-electron chi connectivity index (χ3n) is 2.58. The predicted octanol–water partition coefficient (Wildman–Crippen LogP) is 1.14. The Hall–Kier alpha value is -1.12. The first-order valence-corrected chi connectivity index (χ1v) is 8.37. The van der Waals surface area contributed by atoms with Gasteiger partial charge in [-0.2, -0.15) is 0 Å². The van der Waals surface area contributed by atoms with Crippen LogP contribution in [0.25, 0.3) is 0 Å². The van der Waals surface area contributed by atoms with Gasteiger partial charge in [0.15, 0.2) is 0 Å². The number of carbonyl (C=O) groups is 1. The Balaban J connectivity index is 2.84. The van der Waals surface area contributed by atoms with Gasteiger partial charge in [0.25, 0.3) is 0 Å². The fraction of sp³-hybridized carbons (Fsp3) is 0.417. The average Bonchev–Trinajstić information content (AvgIpc) is 2.38. The molecule has 4 N–H and O–H groups in total. The zero-order chi connectivity index (χ0) is 15.3. The van der Waals surface area contributed by atoms with E-state index >= 15 is 0 Å². The van der Waals surface area contributed by atoms with Gasteiger partial charge >= 0.3 is 0 Å². The van der Waals surface area contributed by atoms with E-state index in [2.05, 4.69) is 26.0 Å². The molecule has 0 aliphatic carbocycles. The van der Waals surface area contributed by atoms with Gasteiger partial charge < -0.3 is 11.1 Å².